The normalized spacial score (nSPS) is 13.1. The highest BCUT2D eigenvalue weighted by atomic mass is 19.1. The first-order valence-electron chi connectivity index (χ1n) is 6.42. The van der Waals surface area contributed by atoms with E-state index in [1.165, 1.54) is 19.3 Å². The van der Waals surface area contributed by atoms with Crippen molar-refractivity contribution in [3.8, 4) is 0 Å². The van der Waals surface area contributed by atoms with Crippen LogP contribution in [0.25, 0.3) is 5.57 Å². The second kappa shape index (κ2) is 8.45. The van der Waals surface area contributed by atoms with Gasteiger partial charge in [-0.15, -0.1) is 0 Å². The van der Waals surface area contributed by atoms with E-state index in [1.807, 2.05) is 0 Å². The number of rotatable bonds is 7. The summed E-state index contributed by atoms with van der Waals surface area (Å²) < 4.78 is 18.3. The predicted molar refractivity (Wildman–Crippen MR) is 75.6 cm³/mol. The van der Waals surface area contributed by atoms with Gasteiger partial charge in [0, 0.05) is 25.3 Å². The topological polar surface area (TPSA) is 58.6 Å². The molecule has 1 aromatic carbocycles. The van der Waals surface area contributed by atoms with Crippen LogP contribution in [-0.4, -0.2) is 37.4 Å². The number of methoxy groups -OCH3 is 1. The number of aliphatic hydroxyl groups is 1. The zero-order chi connectivity index (χ0) is 15.0. The second-order valence-electron chi connectivity index (χ2n) is 4.50. The first-order valence-corrected chi connectivity index (χ1v) is 6.42. The number of hydrogen-bond donors (Lipinski definition) is 2. The molecule has 1 rings (SSSR count). The van der Waals surface area contributed by atoms with Crippen molar-refractivity contribution in [3.63, 3.8) is 0 Å². The van der Waals surface area contributed by atoms with Gasteiger partial charge in [0.05, 0.1) is 12.7 Å². The standard InChI is InChI=1S/C15H20FNO3/c1-11(13-5-3-4-6-14(13)16)9-15(19)17-8-7-12(18)10-20-2/h3-6,9,12,18H,7-8,10H2,1-2H3,(H,17,19)/b11-9-. The highest BCUT2D eigenvalue weighted by Crippen LogP contribution is 2.16. The maximum atomic E-state index is 13.5. The van der Waals surface area contributed by atoms with Gasteiger partial charge in [-0.25, -0.2) is 4.39 Å². The molecule has 0 aliphatic heterocycles. The van der Waals surface area contributed by atoms with Crippen molar-refractivity contribution in [2.24, 2.45) is 0 Å². The summed E-state index contributed by atoms with van der Waals surface area (Å²) in [4.78, 5) is 11.7. The van der Waals surface area contributed by atoms with Gasteiger partial charge in [-0.3, -0.25) is 4.79 Å². The molecule has 4 nitrogen and oxygen atoms in total. The Morgan fingerprint density at radius 1 is 1.50 bits per heavy atom. The average Bonchev–Trinajstić information content (AvgIpc) is 2.39. The molecule has 0 radical (unpaired) electrons. The van der Waals surface area contributed by atoms with E-state index in [1.54, 1.807) is 25.1 Å². The molecule has 2 N–H and O–H groups in total. The molecule has 1 aromatic rings. The number of carbonyl (C=O) groups excluding carboxylic acids is 1. The summed E-state index contributed by atoms with van der Waals surface area (Å²) in [6, 6.07) is 6.29. The third kappa shape index (κ3) is 5.50. The van der Waals surface area contributed by atoms with Crippen LogP contribution in [0.4, 0.5) is 4.39 Å². The molecule has 20 heavy (non-hydrogen) atoms. The fraction of sp³-hybridized carbons (Fsp3) is 0.400. The Kier molecular flexibility index (Phi) is 6.90. The smallest absolute Gasteiger partial charge is 0.244 e. The van der Waals surface area contributed by atoms with Crippen molar-refractivity contribution >= 4 is 11.5 Å². The van der Waals surface area contributed by atoms with Crippen molar-refractivity contribution < 1.29 is 19.0 Å². The zero-order valence-corrected chi connectivity index (χ0v) is 11.7. The minimum absolute atomic E-state index is 0.236. The van der Waals surface area contributed by atoms with Gasteiger partial charge in [-0.2, -0.15) is 0 Å². The number of hydrogen-bond acceptors (Lipinski definition) is 3. The molecule has 0 fully saturated rings. The van der Waals surface area contributed by atoms with Crippen LogP contribution in [-0.2, 0) is 9.53 Å². The van der Waals surface area contributed by atoms with E-state index < -0.39 is 6.10 Å². The lowest BCUT2D eigenvalue weighted by Crippen LogP contribution is -2.27. The summed E-state index contributed by atoms with van der Waals surface area (Å²) in [6.45, 7) is 2.25. The van der Waals surface area contributed by atoms with Crippen LogP contribution < -0.4 is 5.32 Å². The number of amides is 1. The van der Waals surface area contributed by atoms with E-state index in [0.717, 1.165) is 0 Å². The van der Waals surface area contributed by atoms with Gasteiger partial charge in [0.15, 0.2) is 0 Å². The van der Waals surface area contributed by atoms with Crippen molar-refractivity contribution in [2.75, 3.05) is 20.3 Å². The molecule has 0 saturated heterocycles. The fourth-order valence-corrected chi connectivity index (χ4v) is 1.74. The predicted octanol–water partition coefficient (Wildman–Crippen LogP) is 1.74. The van der Waals surface area contributed by atoms with Gasteiger partial charge in [-0.1, -0.05) is 18.2 Å². The van der Waals surface area contributed by atoms with Crippen molar-refractivity contribution in [1.29, 1.82) is 0 Å². The van der Waals surface area contributed by atoms with Gasteiger partial charge in [0.2, 0.25) is 5.91 Å². The number of allylic oxidation sites excluding steroid dienone is 1. The van der Waals surface area contributed by atoms with E-state index in [-0.39, 0.29) is 18.3 Å². The molecule has 0 saturated carbocycles. The molecule has 0 aliphatic carbocycles. The maximum absolute atomic E-state index is 13.5. The van der Waals surface area contributed by atoms with Gasteiger partial charge in [0.1, 0.15) is 5.82 Å². The minimum Gasteiger partial charge on any atom is -0.391 e. The molecule has 0 aromatic heterocycles. The minimum atomic E-state index is -0.600. The lowest BCUT2D eigenvalue weighted by atomic mass is 10.1. The number of ether oxygens (including phenoxy) is 1. The Morgan fingerprint density at radius 2 is 2.20 bits per heavy atom. The molecule has 5 heteroatoms. The first kappa shape index (κ1) is 16.3. The number of benzene rings is 1. The first-order chi connectivity index (χ1) is 9.54. The Morgan fingerprint density at radius 3 is 2.85 bits per heavy atom. The molecule has 0 heterocycles. The van der Waals surface area contributed by atoms with Crippen LogP contribution in [0.2, 0.25) is 0 Å². The van der Waals surface area contributed by atoms with E-state index >= 15 is 0 Å². The van der Waals surface area contributed by atoms with Gasteiger partial charge in [0.25, 0.3) is 0 Å². The van der Waals surface area contributed by atoms with Gasteiger partial charge < -0.3 is 15.2 Å². The van der Waals surface area contributed by atoms with E-state index in [2.05, 4.69) is 5.32 Å². The third-order valence-electron chi connectivity index (χ3n) is 2.78. The molecule has 1 unspecified atom stereocenters. The zero-order valence-electron chi connectivity index (χ0n) is 11.7. The van der Waals surface area contributed by atoms with E-state index in [9.17, 15) is 14.3 Å². The van der Waals surface area contributed by atoms with Gasteiger partial charge in [-0.05, 0) is 25.0 Å². The number of nitrogens with one attached hydrogen (secondary N) is 1. The molecule has 0 aliphatic rings. The molecule has 0 spiro atoms. The SMILES string of the molecule is COCC(O)CCNC(=O)/C=C(/C)c1ccccc1F. The number of aliphatic hydroxyl groups excluding tert-OH is 1. The molecular formula is C15H20FNO3. The molecular weight excluding hydrogens is 261 g/mol. The molecule has 0 bridgehead atoms. The van der Waals surface area contributed by atoms with Crippen molar-refractivity contribution in [2.45, 2.75) is 19.4 Å². The molecule has 1 atom stereocenters. The lowest BCUT2D eigenvalue weighted by molar-refractivity contribution is -0.116. The van der Waals surface area contributed by atoms with Crippen LogP contribution in [0.3, 0.4) is 0 Å². The summed E-state index contributed by atoms with van der Waals surface area (Å²) in [5.41, 5.74) is 0.958. The van der Waals surface area contributed by atoms with Crippen LogP contribution >= 0.6 is 0 Å². The number of carbonyl (C=O) groups is 1. The van der Waals surface area contributed by atoms with E-state index in [4.69, 9.17) is 4.74 Å². The highest BCUT2D eigenvalue weighted by Gasteiger charge is 2.06. The Hall–Kier alpha value is -1.72. The Bertz CT molecular complexity index is 474. The summed E-state index contributed by atoms with van der Waals surface area (Å²) in [5, 5.41) is 12.1. The van der Waals surface area contributed by atoms with Crippen LogP contribution in [0.5, 0.6) is 0 Å². The Balaban J connectivity index is 2.48. The maximum Gasteiger partial charge on any atom is 0.244 e. The van der Waals surface area contributed by atoms with Crippen LogP contribution in [0, 0.1) is 5.82 Å². The fourth-order valence-electron chi connectivity index (χ4n) is 1.74. The number of halogens is 1. The monoisotopic (exact) mass is 281 g/mol. The highest BCUT2D eigenvalue weighted by molar-refractivity contribution is 5.94. The van der Waals surface area contributed by atoms with E-state index in [0.29, 0.717) is 24.1 Å². The average molecular weight is 281 g/mol. The summed E-state index contributed by atoms with van der Waals surface area (Å²) >= 11 is 0. The Labute approximate surface area is 118 Å². The summed E-state index contributed by atoms with van der Waals surface area (Å²) in [5.74, 6) is -0.667. The van der Waals surface area contributed by atoms with Crippen LogP contribution in [0.1, 0.15) is 18.9 Å². The van der Waals surface area contributed by atoms with Gasteiger partial charge >= 0.3 is 0 Å². The van der Waals surface area contributed by atoms with Crippen LogP contribution in [0.15, 0.2) is 30.3 Å². The largest absolute Gasteiger partial charge is 0.391 e. The summed E-state index contributed by atoms with van der Waals surface area (Å²) in [7, 11) is 1.50. The second-order valence-corrected chi connectivity index (χ2v) is 4.50. The summed E-state index contributed by atoms with van der Waals surface area (Å²) in [6.07, 6.45) is 1.16. The molecule has 1 amide bonds. The quantitative estimate of drug-likeness (QED) is 0.749. The molecule has 110 valence electrons. The van der Waals surface area contributed by atoms with Crippen molar-refractivity contribution in [1.82, 2.24) is 5.32 Å². The lowest BCUT2D eigenvalue weighted by Gasteiger charge is -2.09. The third-order valence-corrected chi connectivity index (χ3v) is 2.78. The van der Waals surface area contributed by atoms with Crippen molar-refractivity contribution in [3.05, 3.63) is 41.7 Å².